The molecule has 0 aliphatic rings. The van der Waals surface area contributed by atoms with Crippen molar-refractivity contribution in [3.05, 3.63) is 35.4 Å². The van der Waals surface area contributed by atoms with Crippen LogP contribution in [0.4, 0.5) is 0 Å². The molecule has 140 valence electrons. The molecule has 0 unspecified atom stereocenters. The van der Waals surface area contributed by atoms with Gasteiger partial charge in [0.25, 0.3) is 5.91 Å². The van der Waals surface area contributed by atoms with Crippen molar-refractivity contribution in [2.45, 2.75) is 12.5 Å². The number of hydrogen-bond donors (Lipinski definition) is 3. The Morgan fingerprint density at radius 2 is 1.65 bits per heavy atom. The first-order valence-electron chi connectivity index (χ1n) is 7.34. The quantitative estimate of drug-likeness (QED) is 0.513. The predicted octanol–water partition coefficient (Wildman–Crippen LogP) is -0.664. The highest BCUT2D eigenvalue weighted by Gasteiger charge is 2.25. The summed E-state index contributed by atoms with van der Waals surface area (Å²) >= 11 is 0. The summed E-state index contributed by atoms with van der Waals surface area (Å²) in [5.41, 5.74) is -0.338. The zero-order chi connectivity index (χ0) is 19.7. The van der Waals surface area contributed by atoms with Crippen LogP contribution in [0.2, 0.25) is 0 Å². The molecule has 0 bridgehead atoms. The van der Waals surface area contributed by atoms with E-state index in [9.17, 15) is 24.0 Å². The van der Waals surface area contributed by atoms with E-state index < -0.39 is 48.7 Å². The van der Waals surface area contributed by atoms with Crippen LogP contribution in [0.5, 0.6) is 0 Å². The van der Waals surface area contributed by atoms with Gasteiger partial charge in [0.2, 0.25) is 5.91 Å². The second kappa shape index (κ2) is 9.77. The second-order valence-corrected chi connectivity index (χ2v) is 4.96. The largest absolute Gasteiger partial charge is 0.478 e. The lowest BCUT2D eigenvalue weighted by Crippen LogP contribution is -2.47. The van der Waals surface area contributed by atoms with Crippen LogP contribution < -0.4 is 10.6 Å². The van der Waals surface area contributed by atoms with E-state index in [1.165, 1.54) is 24.3 Å². The third kappa shape index (κ3) is 5.89. The normalized spacial score (nSPS) is 11.0. The third-order valence-corrected chi connectivity index (χ3v) is 3.23. The van der Waals surface area contributed by atoms with E-state index in [0.717, 1.165) is 14.2 Å². The molecule has 0 radical (unpaired) electrons. The Labute approximate surface area is 148 Å². The number of esters is 2. The lowest BCUT2D eigenvalue weighted by Gasteiger charge is -2.15. The Morgan fingerprint density at radius 3 is 2.19 bits per heavy atom. The summed E-state index contributed by atoms with van der Waals surface area (Å²) in [4.78, 5) is 57.9. The van der Waals surface area contributed by atoms with Crippen molar-refractivity contribution >= 4 is 29.7 Å². The van der Waals surface area contributed by atoms with Gasteiger partial charge in [-0.25, -0.2) is 9.59 Å². The Hall–Kier alpha value is -3.43. The maximum Gasteiger partial charge on any atom is 0.336 e. The minimum absolute atomic E-state index is 0.119. The molecule has 0 saturated heterocycles. The molecule has 0 fully saturated rings. The number of hydrogen-bond acceptors (Lipinski definition) is 7. The summed E-state index contributed by atoms with van der Waals surface area (Å²) < 4.78 is 8.91. The molecule has 0 saturated carbocycles. The highest BCUT2D eigenvalue weighted by molar-refractivity contribution is 6.05. The van der Waals surface area contributed by atoms with Gasteiger partial charge in [0.05, 0.1) is 38.3 Å². The summed E-state index contributed by atoms with van der Waals surface area (Å²) in [7, 11) is 2.21. The van der Waals surface area contributed by atoms with Gasteiger partial charge in [-0.2, -0.15) is 0 Å². The van der Waals surface area contributed by atoms with Crippen LogP contribution in [0.3, 0.4) is 0 Å². The van der Waals surface area contributed by atoms with Gasteiger partial charge in [-0.05, 0) is 12.1 Å². The van der Waals surface area contributed by atoms with E-state index in [1.807, 2.05) is 0 Å². The minimum atomic E-state index is -1.29. The average molecular weight is 366 g/mol. The standard InChI is InChI=1S/C16H18N2O8/c1-25-13(20)7-11(16(24)26-2)18-12(19)8-17-14(21)9-5-3-4-6-10(9)15(22)23/h3-6,11H,7-8H2,1-2H3,(H,17,21)(H,18,19)(H,22,23)/t11-/m0/s1. The maximum absolute atomic E-state index is 12.1. The number of aromatic carboxylic acids is 1. The average Bonchev–Trinajstić information content (AvgIpc) is 2.64. The molecule has 0 heterocycles. The van der Waals surface area contributed by atoms with Crippen molar-refractivity contribution < 1.29 is 38.6 Å². The van der Waals surface area contributed by atoms with Gasteiger partial charge in [-0.15, -0.1) is 0 Å². The van der Waals surface area contributed by atoms with Crippen LogP contribution in [0.25, 0.3) is 0 Å². The number of rotatable bonds is 8. The van der Waals surface area contributed by atoms with Crippen molar-refractivity contribution in [2.24, 2.45) is 0 Å². The minimum Gasteiger partial charge on any atom is -0.478 e. The highest BCUT2D eigenvalue weighted by Crippen LogP contribution is 2.08. The predicted molar refractivity (Wildman–Crippen MR) is 86.3 cm³/mol. The van der Waals surface area contributed by atoms with E-state index in [2.05, 4.69) is 20.1 Å². The van der Waals surface area contributed by atoms with Crippen molar-refractivity contribution in [3.63, 3.8) is 0 Å². The summed E-state index contributed by atoms with van der Waals surface area (Å²) in [6.07, 6.45) is -0.440. The fraction of sp³-hybridized carbons (Fsp3) is 0.312. The lowest BCUT2D eigenvalue weighted by molar-refractivity contribution is -0.150. The van der Waals surface area contributed by atoms with Crippen LogP contribution in [0.15, 0.2) is 24.3 Å². The van der Waals surface area contributed by atoms with E-state index in [1.54, 1.807) is 0 Å². The van der Waals surface area contributed by atoms with Crippen LogP contribution >= 0.6 is 0 Å². The topological polar surface area (TPSA) is 148 Å². The smallest absolute Gasteiger partial charge is 0.336 e. The molecule has 1 atom stereocenters. The Kier molecular flexibility index (Phi) is 7.74. The summed E-state index contributed by atoms with van der Waals surface area (Å²) in [6, 6.07) is 4.21. The Morgan fingerprint density at radius 1 is 1.04 bits per heavy atom. The molecule has 0 aliphatic carbocycles. The van der Waals surface area contributed by atoms with Crippen LogP contribution in [-0.2, 0) is 23.9 Å². The number of carbonyl (C=O) groups is 5. The molecule has 1 aromatic carbocycles. The highest BCUT2D eigenvalue weighted by atomic mass is 16.5. The van der Waals surface area contributed by atoms with Crippen LogP contribution in [-0.4, -0.2) is 61.6 Å². The zero-order valence-electron chi connectivity index (χ0n) is 14.1. The van der Waals surface area contributed by atoms with Crippen molar-refractivity contribution in [1.29, 1.82) is 0 Å². The first-order valence-corrected chi connectivity index (χ1v) is 7.34. The van der Waals surface area contributed by atoms with Crippen molar-refractivity contribution in [3.8, 4) is 0 Å². The lowest BCUT2D eigenvalue weighted by atomic mass is 10.1. The van der Waals surface area contributed by atoms with Gasteiger partial charge in [-0.1, -0.05) is 12.1 Å². The van der Waals surface area contributed by atoms with Gasteiger partial charge in [0.15, 0.2) is 0 Å². The molecule has 10 heteroatoms. The number of benzene rings is 1. The fourth-order valence-corrected chi connectivity index (χ4v) is 1.95. The molecule has 0 spiro atoms. The summed E-state index contributed by atoms with van der Waals surface area (Å²) in [6.45, 7) is -0.540. The van der Waals surface area contributed by atoms with Gasteiger partial charge < -0.3 is 25.2 Å². The van der Waals surface area contributed by atoms with Crippen LogP contribution in [0.1, 0.15) is 27.1 Å². The van der Waals surface area contributed by atoms with E-state index in [-0.39, 0.29) is 11.1 Å². The number of nitrogens with one attached hydrogen (secondary N) is 2. The van der Waals surface area contributed by atoms with Gasteiger partial charge in [0, 0.05) is 0 Å². The third-order valence-electron chi connectivity index (χ3n) is 3.23. The number of methoxy groups -OCH3 is 2. The molecule has 1 aromatic rings. The van der Waals surface area contributed by atoms with Crippen LogP contribution in [0, 0.1) is 0 Å². The first kappa shape index (κ1) is 20.6. The number of carboxylic acids is 1. The monoisotopic (exact) mass is 366 g/mol. The first-order chi connectivity index (χ1) is 12.3. The molecular formula is C16H18N2O8. The molecular weight excluding hydrogens is 348 g/mol. The Balaban J connectivity index is 2.70. The van der Waals surface area contributed by atoms with Gasteiger partial charge in [-0.3, -0.25) is 14.4 Å². The van der Waals surface area contributed by atoms with Gasteiger partial charge in [0.1, 0.15) is 6.04 Å². The number of ether oxygens (including phenoxy) is 2. The second-order valence-electron chi connectivity index (χ2n) is 4.96. The molecule has 3 N–H and O–H groups in total. The van der Waals surface area contributed by atoms with Crippen molar-refractivity contribution in [1.82, 2.24) is 10.6 Å². The SMILES string of the molecule is COC(=O)C[C@H](NC(=O)CNC(=O)c1ccccc1C(=O)O)C(=O)OC. The van der Waals surface area contributed by atoms with Gasteiger partial charge >= 0.3 is 17.9 Å². The summed E-state index contributed by atoms with van der Waals surface area (Å²) in [5, 5.41) is 13.5. The molecule has 0 aromatic heterocycles. The number of amides is 2. The fourth-order valence-electron chi connectivity index (χ4n) is 1.95. The number of carboxylic acid groups (broad SMARTS) is 1. The molecule has 2 amide bonds. The molecule has 26 heavy (non-hydrogen) atoms. The molecule has 1 rings (SSSR count). The zero-order valence-corrected chi connectivity index (χ0v) is 14.1. The number of carbonyl (C=O) groups excluding carboxylic acids is 4. The van der Waals surface area contributed by atoms with E-state index in [4.69, 9.17) is 5.11 Å². The van der Waals surface area contributed by atoms with E-state index in [0.29, 0.717) is 0 Å². The summed E-state index contributed by atoms with van der Waals surface area (Å²) in [5.74, 6) is -4.43. The molecule has 0 aliphatic heterocycles. The van der Waals surface area contributed by atoms with Crippen molar-refractivity contribution in [2.75, 3.05) is 20.8 Å². The molecule has 10 nitrogen and oxygen atoms in total. The Bertz CT molecular complexity index is 716. The maximum atomic E-state index is 12.1. The van der Waals surface area contributed by atoms with E-state index >= 15 is 0 Å².